The van der Waals surface area contributed by atoms with E-state index in [9.17, 15) is 31.5 Å². The van der Waals surface area contributed by atoms with E-state index in [0.717, 1.165) is 17.0 Å². The van der Waals surface area contributed by atoms with Gasteiger partial charge in [-0.3, -0.25) is 9.69 Å². The highest BCUT2D eigenvalue weighted by Gasteiger charge is 2.60. The van der Waals surface area contributed by atoms with Crippen LogP contribution in [0.4, 0.5) is 24.5 Å². The quantitative estimate of drug-likeness (QED) is 0.577. The molecule has 2 heterocycles. The molecule has 1 aliphatic carbocycles. The van der Waals surface area contributed by atoms with Crippen LogP contribution in [0.3, 0.4) is 0 Å². The minimum absolute atomic E-state index is 0.0677. The Balaban J connectivity index is 1.61. The molecule has 0 unspecified atom stereocenters. The fraction of sp³-hybridized carbons (Fsp3) is 0.375. The lowest BCUT2D eigenvalue weighted by atomic mass is 9.75. The Morgan fingerprint density at radius 1 is 1.19 bits per heavy atom. The number of carbonyl (C=O) groups excluding carboxylic acids is 1. The van der Waals surface area contributed by atoms with Gasteiger partial charge in [-0.1, -0.05) is 0 Å². The first-order chi connectivity index (χ1) is 17.4. The van der Waals surface area contributed by atoms with E-state index >= 15 is 0 Å². The fourth-order valence-corrected chi connectivity index (χ4v) is 6.94. The van der Waals surface area contributed by atoms with Crippen LogP contribution in [0.2, 0.25) is 0 Å². The van der Waals surface area contributed by atoms with Gasteiger partial charge in [0.1, 0.15) is 22.3 Å². The summed E-state index contributed by atoms with van der Waals surface area (Å²) in [5.41, 5.74) is -2.78. The lowest BCUT2D eigenvalue weighted by molar-refractivity contribution is -0.137. The summed E-state index contributed by atoms with van der Waals surface area (Å²) in [5, 5.41) is 18.5. The predicted octanol–water partition coefficient (Wildman–Crippen LogP) is 3.55. The Bertz CT molecular complexity index is 1460. The molecule has 1 saturated heterocycles. The number of amides is 1. The number of sulfone groups is 1. The average Bonchev–Trinajstić information content (AvgIpc) is 2.98. The zero-order chi connectivity index (χ0) is 26.8. The summed E-state index contributed by atoms with van der Waals surface area (Å²) < 4.78 is 72.4. The summed E-state index contributed by atoms with van der Waals surface area (Å²) in [7, 11) is -3.79. The van der Waals surface area contributed by atoms with Crippen LogP contribution in [-0.4, -0.2) is 48.5 Å². The molecule has 1 N–H and O–H groups in total. The third kappa shape index (κ3) is 3.94. The number of thiocarbonyl (C=S) groups is 1. The van der Waals surface area contributed by atoms with Crippen molar-refractivity contribution in [3.8, 4) is 11.8 Å². The van der Waals surface area contributed by atoms with Crippen molar-refractivity contribution in [3.05, 3.63) is 47.5 Å². The van der Waals surface area contributed by atoms with Crippen LogP contribution in [0.1, 0.15) is 36.8 Å². The molecule has 5 rings (SSSR count). The number of ether oxygens (including phenoxy) is 1. The van der Waals surface area contributed by atoms with Crippen LogP contribution in [-0.2, 0) is 20.8 Å². The normalized spacial score (nSPS) is 22.2. The Hall–Kier alpha value is -3.21. The van der Waals surface area contributed by atoms with Gasteiger partial charge in [-0.05, 0) is 67.9 Å². The van der Waals surface area contributed by atoms with Crippen molar-refractivity contribution in [1.82, 2.24) is 0 Å². The van der Waals surface area contributed by atoms with E-state index in [-0.39, 0.29) is 40.2 Å². The number of aliphatic hydroxyl groups is 1. The molecule has 0 radical (unpaired) electrons. The van der Waals surface area contributed by atoms with Crippen LogP contribution in [0.15, 0.2) is 41.3 Å². The van der Waals surface area contributed by atoms with Crippen LogP contribution >= 0.6 is 12.2 Å². The molecule has 1 spiro atoms. The highest BCUT2D eigenvalue weighted by Crippen LogP contribution is 2.49. The monoisotopic (exact) mass is 551 g/mol. The van der Waals surface area contributed by atoms with Gasteiger partial charge in [0.2, 0.25) is 0 Å². The Morgan fingerprint density at radius 3 is 2.49 bits per heavy atom. The predicted molar refractivity (Wildman–Crippen MR) is 130 cm³/mol. The van der Waals surface area contributed by atoms with Crippen LogP contribution in [0.5, 0.6) is 5.75 Å². The number of nitrogens with zero attached hydrogens (tertiary/aromatic N) is 3. The lowest BCUT2D eigenvalue weighted by Crippen LogP contribution is -2.55. The molecule has 2 aromatic rings. The van der Waals surface area contributed by atoms with Gasteiger partial charge in [-0.15, -0.1) is 0 Å². The minimum atomic E-state index is -4.82. The molecule has 2 aromatic carbocycles. The van der Waals surface area contributed by atoms with Gasteiger partial charge in [-0.25, -0.2) is 8.42 Å². The molecule has 0 aromatic heterocycles. The van der Waals surface area contributed by atoms with Gasteiger partial charge in [0.15, 0.2) is 14.9 Å². The SMILES string of the molecule is N#Cc1ccc(N2C(=O)C3(CCC3)N(c3ccc4c(c3)S(=O)(=O)CC[C@@H](CO)O4)C2=S)cc1C(F)(F)F. The minimum Gasteiger partial charge on any atom is -0.487 e. The number of nitriles is 1. The first-order valence-electron chi connectivity index (χ1n) is 11.4. The number of fused-ring (bicyclic) bond motifs is 1. The first kappa shape index (κ1) is 25.4. The summed E-state index contributed by atoms with van der Waals surface area (Å²) in [4.78, 5) is 16.1. The molecule has 1 amide bonds. The Labute approximate surface area is 215 Å². The van der Waals surface area contributed by atoms with Gasteiger partial charge >= 0.3 is 6.18 Å². The molecular weight excluding hydrogens is 531 g/mol. The molecule has 3 aliphatic rings. The zero-order valence-electron chi connectivity index (χ0n) is 19.2. The van der Waals surface area contributed by atoms with E-state index < -0.39 is 44.7 Å². The maximum absolute atomic E-state index is 13.7. The van der Waals surface area contributed by atoms with Crippen molar-refractivity contribution in [3.63, 3.8) is 0 Å². The largest absolute Gasteiger partial charge is 0.487 e. The van der Waals surface area contributed by atoms with Crippen LogP contribution < -0.4 is 14.5 Å². The van der Waals surface area contributed by atoms with Gasteiger partial charge in [0.05, 0.1) is 35.2 Å². The van der Waals surface area contributed by atoms with E-state index in [2.05, 4.69) is 0 Å². The molecular formula is C24H20F3N3O5S2. The van der Waals surface area contributed by atoms with Crippen molar-refractivity contribution in [2.45, 2.75) is 48.4 Å². The second-order valence-electron chi connectivity index (χ2n) is 9.14. The van der Waals surface area contributed by atoms with E-state index in [0.29, 0.717) is 24.9 Å². The van der Waals surface area contributed by atoms with Crippen molar-refractivity contribution in [2.75, 3.05) is 22.2 Å². The number of benzene rings is 2. The molecule has 1 atom stereocenters. The van der Waals surface area contributed by atoms with E-state index in [4.69, 9.17) is 22.2 Å². The van der Waals surface area contributed by atoms with E-state index in [1.54, 1.807) is 0 Å². The third-order valence-corrected chi connectivity index (χ3v) is 9.13. The van der Waals surface area contributed by atoms with Crippen molar-refractivity contribution >= 4 is 44.4 Å². The first-order valence-corrected chi connectivity index (χ1v) is 13.4. The number of hydrogen-bond donors (Lipinski definition) is 1. The highest BCUT2D eigenvalue weighted by molar-refractivity contribution is 7.91. The van der Waals surface area contributed by atoms with Gasteiger partial charge < -0.3 is 14.7 Å². The number of alkyl halides is 3. The maximum Gasteiger partial charge on any atom is 0.417 e. The third-order valence-electron chi connectivity index (χ3n) is 7.01. The number of halogens is 3. The number of carbonyl (C=O) groups is 1. The van der Waals surface area contributed by atoms with Gasteiger partial charge in [-0.2, -0.15) is 18.4 Å². The smallest absolute Gasteiger partial charge is 0.417 e. The number of aliphatic hydroxyl groups excluding tert-OH is 1. The van der Waals surface area contributed by atoms with Crippen molar-refractivity contribution in [1.29, 1.82) is 5.26 Å². The number of anilines is 2. The lowest BCUT2D eigenvalue weighted by Gasteiger charge is -2.43. The Kier molecular flexibility index (Phi) is 5.97. The van der Waals surface area contributed by atoms with Crippen LogP contribution in [0, 0.1) is 11.3 Å². The summed E-state index contributed by atoms with van der Waals surface area (Å²) >= 11 is 5.60. The van der Waals surface area contributed by atoms with Crippen LogP contribution in [0.25, 0.3) is 0 Å². The highest BCUT2D eigenvalue weighted by atomic mass is 32.2. The molecule has 13 heteroatoms. The molecule has 1 saturated carbocycles. The molecule has 2 fully saturated rings. The summed E-state index contributed by atoms with van der Waals surface area (Å²) in [5.74, 6) is -0.699. The second-order valence-corrected chi connectivity index (χ2v) is 11.6. The van der Waals surface area contributed by atoms with E-state index in [1.165, 1.54) is 35.2 Å². The van der Waals surface area contributed by atoms with Crippen molar-refractivity contribution < 1.29 is 36.2 Å². The summed E-state index contributed by atoms with van der Waals surface area (Å²) in [6.07, 6.45) is -4.00. The molecule has 8 nitrogen and oxygen atoms in total. The van der Waals surface area contributed by atoms with E-state index in [1.807, 2.05) is 0 Å². The Morgan fingerprint density at radius 2 is 1.89 bits per heavy atom. The zero-order valence-corrected chi connectivity index (χ0v) is 20.8. The van der Waals surface area contributed by atoms with Gasteiger partial charge in [0, 0.05) is 12.1 Å². The number of hydrogen-bond acceptors (Lipinski definition) is 7. The summed E-state index contributed by atoms with van der Waals surface area (Å²) in [6, 6.07) is 8.79. The fourth-order valence-electron chi connectivity index (χ4n) is 4.95. The van der Waals surface area contributed by atoms with Crippen molar-refractivity contribution in [2.24, 2.45) is 0 Å². The average molecular weight is 552 g/mol. The second kappa shape index (κ2) is 8.68. The topological polar surface area (TPSA) is 111 Å². The van der Waals surface area contributed by atoms with Gasteiger partial charge in [0.25, 0.3) is 5.91 Å². The summed E-state index contributed by atoms with van der Waals surface area (Å²) in [6.45, 7) is -0.357. The number of rotatable bonds is 3. The molecule has 37 heavy (non-hydrogen) atoms. The molecule has 2 aliphatic heterocycles. The molecule has 194 valence electrons. The standard InChI is InChI=1S/C24H20F3N3O5S2/c25-24(26,27)18-10-15(3-2-14(18)12-28)29-21(32)23(7-1-8-23)30(22(29)36)16-4-5-19-20(11-16)37(33,34)9-6-17(13-31)35-19/h2-5,10-11,17,31H,1,6-9,13H2/t17-/m0/s1. The molecule has 0 bridgehead atoms. The maximum atomic E-state index is 13.7.